The van der Waals surface area contributed by atoms with Crippen molar-refractivity contribution in [2.75, 3.05) is 26.3 Å². The van der Waals surface area contributed by atoms with Gasteiger partial charge in [-0.2, -0.15) is 0 Å². The van der Waals surface area contributed by atoms with Crippen LogP contribution in [0.5, 0.6) is 0 Å². The van der Waals surface area contributed by atoms with Crippen LogP contribution in [0, 0.1) is 0 Å². The van der Waals surface area contributed by atoms with Crippen molar-refractivity contribution < 1.29 is 14.3 Å². The third-order valence-corrected chi connectivity index (χ3v) is 6.94. The topological polar surface area (TPSA) is 58.6 Å². The molecule has 1 heterocycles. The van der Waals surface area contributed by atoms with Crippen LogP contribution in [0.15, 0.2) is 29.2 Å². The van der Waals surface area contributed by atoms with E-state index in [0.29, 0.717) is 34.9 Å². The first-order valence-corrected chi connectivity index (χ1v) is 11.6. The normalized spacial score (nSPS) is 23.2. The maximum Gasteiger partial charge on any atom is 0.261 e. The quantitative estimate of drug-likeness (QED) is 0.492. The Balaban J connectivity index is 1.68. The number of carbonyl (C=O) groups is 2. The molecular weight excluding hydrogens is 408 g/mol. The largest absolute Gasteiger partial charge is 0.382 e. The van der Waals surface area contributed by atoms with E-state index >= 15 is 0 Å². The summed E-state index contributed by atoms with van der Waals surface area (Å²) in [6.45, 7) is 3.95. The fraction of sp³-hybridized carbons (Fsp3) is 0.545. The third kappa shape index (κ3) is 6.24. The Kier molecular flexibility index (Phi) is 8.45. The number of ether oxygens (including phenoxy) is 1. The molecule has 158 valence electrons. The summed E-state index contributed by atoms with van der Waals surface area (Å²) in [6.07, 6.45) is 7.02. The van der Waals surface area contributed by atoms with Gasteiger partial charge in [-0.15, -0.1) is 11.8 Å². The van der Waals surface area contributed by atoms with Gasteiger partial charge in [0.05, 0.1) is 4.91 Å². The average molecular weight is 437 g/mol. The predicted octanol–water partition coefficient (Wildman–Crippen LogP) is 4.11. The van der Waals surface area contributed by atoms with Gasteiger partial charge in [0.15, 0.2) is 0 Å². The van der Waals surface area contributed by atoms with E-state index in [0.717, 1.165) is 31.2 Å². The lowest BCUT2D eigenvalue weighted by Gasteiger charge is -2.43. The van der Waals surface area contributed by atoms with Crippen LogP contribution in [0.25, 0.3) is 6.08 Å². The highest BCUT2D eigenvalue weighted by Crippen LogP contribution is 2.42. The standard InChI is InChI=1S/C22H29ClN2O3S/c1-2-28-13-5-12-24-21(26)15-25-18-6-3-4-7-19(18)29-20(22(25)27)14-16-8-10-17(23)11-9-16/h8-11,14,18-19H,2-7,12-13,15H2,1H3,(H,24,26)/b20-14+. The van der Waals surface area contributed by atoms with Gasteiger partial charge in [0.2, 0.25) is 5.91 Å². The van der Waals surface area contributed by atoms with Crippen molar-refractivity contribution in [3.63, 3.8) is 0 Å². The lowest BCUT2D eigenvalue weighted by molar-refractivity contribution is -0.135. The Hall–Kier alpha value is -1.50. The van der Waals surface area contributed by atoms with Crippen molar-refractivity contribution in [2.24, 2.45) is 0 Å². The predicted molar refractivity (Wildman–Crippen MR) is 119 cm³/mol. The minimum Gasteiger partial charge on any atom is -0.382 e. The number of nitrogens with zero attached hydrogens (tertiary/aromatic N) is 1. The van der Waals surface area contributed by atoms with Crippen molar-refractivity contribution in [3.05, 3.63) is 39.8 Å². The summed E-state index contributed by atoms with van der Waals surface area (Å²) < 4.78 is 5.30. The minimum atomic E-state index is -0.100. The molecular formula is C22H29ClN2O3S. The van der Waals surface area contributed by atoms with E-state index in [2.05, 4.69) is 5.32 Å². The van der Waals surface area contributed by atoms with Crippen LogP contribution in [0.3, 0.4) is 0 Å². The van der Waals surface area contributed by atoms with E-state index in [1.54, 1.807) is 16.7 Å². The number of nitrogens with one attached hydrogen (secondary N) is 1. The van der Waals surface area contributed by atoms with Gasteiger partial charge < -0.3 is 15.0 Å². The molecule has 2 fully saturated rings. The van der Waals surface area contributed by atoms with Gasteiger partial charge in [-0.25, -0.2) is 0 Å². The zero-order chi connectivity index (χ0) is 20.6. The van der Waals surface area contributed by atoms with Crippen molar-refractivity contribution >= 4 is 41.3 Å². The number of thioether (sulfide) groups is 1. The lowest BCUT2D eigenvalue weighted by atomic mass is 9.93. The molecule has 3 rings (SSSR count). The number of halogens is 1. The van der Waals surface area contributed by atoms with Gasteiger partial charge in [0.25, 0.3) is 5.91 Å². The number of benzene rings is 1. The summed E-state index contributed by atoms with van der Waals surface area (Å²) in [5.41, 5.74) is 0.944. The van der Waals surface area contributed by atoms with E-state index < -0.39 is 0 Å². The van der Waals surface area contributed by atoms with E-state index in [4.69, 9.17) is 16.3 Å². The number of hydrogen-bond donors (Lipinski definition) is 1. The molecule has 7 heteroatoms. The summed E-state index contributed by atoms with van der Waals surface area (Å²) in [6, 6.07) is 7.60. The van der Waals surface area contributed by atoms with Crippen LogP contribution >= 0.6 is 23.4 Å². The maximum atomic E-state index is 13.2. The molecule has 1 aromatic rings. The first-order valence-electron chi connectivity index (χ1n) is 10.4. The van der Waals surface area contributed by atoms with Crippen LogP contribution in [0.1, 0.15) is 44.6 Å². The molecule has 2 atom stereocenters. The number of amides is 2. The SMILES string of the molecule is CCOCCCNC(=O)CN1C(=O)/C(=C\c2ccc(Cl)cc2)SC2CCCCC21. The molecule has 1 aliphatic heterocycles. The second kappa shape index (κ2) is 11.0. The molecule has 5 nitrogen and oxygen atoms in total. The molecule has 1 aromatic carbocycles. The zero-order valence-electron chi connectivity index (χ0n) is 16.9. The second-order valence-electron chi connectivity index (χ2n) is 7.40. The number of carbonyl (C=O) groups excluding carboxylic acids is 2. The fourth-order valence-corrected chi connectivity index (χ4v) is 5.43. The van der Waals surface area contributed by atoms with Gasteiger partial charge in [-0.3, -0.25) is 9.59 Å². The van der Waals surface area contributed by atoms with Crippen molar-refractivity contribution in [3.8, 4) is 0 Å². The smallest absolute Gasteiger partial charge is 0.261 e. The molecule has 0 bridgehead atoms. The van der Waals surface area contributed by atoms with Gasteiger partial charge in [-0.05, 0) is 50.0 Å². The van der Waals surface area contributed by atoms with E-state index in [9.17, 15) is 9.59 Å². The minimum absolute atomic E-state index is 0.0439. The second-order valence-corrected chi connectivity index (χ2v) is 9.12. The maximum absolute atomic E-state index is 13.2. The van der Waals surface area contributed by atoms with Crippen LogP contribution in [0.2, 0.25) is 5.02 Å². The highest BCUT2D eigenvalue weighted by Gasteiger charge is 2.41. The van der Waals surface area contributed by atoms with Crippen molar-refractivity contribution in [1.82, 2.24) is 10.2 Å². The van der Waals surface area contributed by atoms with Crippen LogP contribution < -0.4 is 5.32 Å². The van der Waals surface area contributed by atoms with E-state index in [-0.39, 0.29) is 24.4 Å². The monoisotopic (exact) mass is 436 g/mol. The molecule has 29 heavy (non-hydrogen) atoms. The number of rotatable bonds is 8. The van der Waals surface area contributed by atoms with Gasteiger partial charge in [0, 0.05) is 36.1 Å². The Morgan fingerprint density at radius 2 is 2.07 bits per heavy atom. The highest BCUT2D eigenvalue weighted by molar-refractivity contribution is 8.04. The molecule has 2 unspecified atom stereocenters. The van der Waals surface area contributed by atoms with Crippen LogP contribution in [-0.4, -0.2) is 54.3 Å². The molecule has 2 aliphatic rings. The van der Waals surface area contributed by atoms with Crippen LogP contribution in [-0.2, 0) is 14.3 Å². The molecule has 1 saturated carbocycles. The highest BCUT2D eigenvalue weighted by atomic mass is 35.5. The Morgan fingerprint density at radius 3 is 2.83 bits per heavy atom. The summed E-state index contributed by atoms with van der Waals surface area (Å²) in [4.78, 5) is 28.2. The fourth-order valence-electron chi connectivity index (χ4n) is 3.83. The van der Waals surface area contributed by atoms with Crippen molar-refractivity contribution in [2.45, 2.75) is 50.3 Å². The molecule has 1 saturated heterocycles. The average Bonchev–Trinajstić information content (AvgIpc) is 2.72. The van der Waals surface area contributed by atoms with Crippen LogP contribution in [0.4, 0.5) is 0 Å². The molecule has 0 radical (unpaired) electrons. The third-order valence-electron chi connectivity index (χ3n) is 5.29. The number of fused-ring (bicyclic) bond motifs is 1. The molecule has 2 amide bonds. The summed E-state index contributed by atoms with van der Waals surface area (Å²) in [7, 11) is 0. The Morgan fingerprint density at radius 1 is 1.31 bits per heavy atom. The number of hydrogen-bond acceptors (Lipinski definition) is 4. The molecule has 1 aliphatic carbocycles. The first-order chi connectivity index (χ1) is 14.1. The summed E-state index contributed by atoms with van der Waals surface area (Å²) in [5, 5.41) is 3.95. The Bertz CT molecular complexity index is 738. The van der Waals surface area contributed by atoms with Gasteiger partial charge in [0.1, 0.15) is 6.54 Å². The summed E-state index contributed by atoms with van der Waals surface area (Å²) in [5.74, 6) is -0.144. The Labute approximate surface area is 182 Å². The van der Waals surface area contributed by atoms with Gasteiger partial charge >= 0.3 is 0 Å². The summed E-state index contributed by atoms with van der Waals surface area (Å²) >= 11 is 7.64. The molecule has 0 aromatic heterocycles. The van der Waals surface area contributed by atoms with Gasteiger partial charge in [-0.1, -0.05) is 36.6 Å². The zero-order valence-corrected chi connectivity index (χ0v) is 18.4. The van der Waals surface area contributed by atoms with E-state index in [1.807, 2.05) is 37.3 Å². The first kappa shape index (κ1) is 22.2. The van der Waals surface area contributed by atoms with Crippen molar-refractivity contribution in [1.29, 1.82) is 0 Å². The molecule has 1 N–H and O–H groups in total. The lowest BCUT2D eigenvalue weighted by Crippen LogP contribution is -2.54. The van der Waals surface area contributed by atoms with E-state index in [1.165, 1.54) is 6.42 Å². The molecule has 0 spiro atoms.